The van der Waals surface area contributed by atoms with E-state index in [4.69, 9.17) is 33.8 Å². The lowest BCUT2D eigenvalue weighted by Gasteiger charge is -2.09. The number of para-hydroxylation sites is 1. The van der Waals surface area contributed by atoms with E-state index in [-0.39, 0.29) is 0 Å². The average Bonchev–Trinajstić information content (AvgIpc) is 2.31. The van der Waals surface area contributed by atoms with E-state index in [1.54, 1.807) is 18.2 Å². The van der Waals surface area contributed by atoms with Gasteiger partial charge in [-0.05, 0) is 19.1 Å². The molecular formula is C13H9ClN2OS. The summed E-state index contributed by atoms with van der Waals surface area (Å²) in [6.07, 6.45) is 0. The van der Waals surface area contributed by atoms with Gasteiger partial charge < -0.3 is 9.72 Å². The molecule has 0 unspecified atom stereocenters. The van der Waals surface area contributed by atoms with Gasteiger partial charge in [0.2, 0.25) is 0 Å². The molecule has 0 aliphatic heterocycles. The van der Waals surface area contributed by atoms with Crippen LogP contribution in [0.25, 0.3) is 0 Å². The molecule has 0 aliphatic carbocycles. The third kappa shape index (κ3) is 2.53. The quantitative estimate of drug-likeness (QED) is 0.829. The number of nitrogens with zero attached hydrogens (tertiary/aromatic N) is 1. The molecule has 2 aromatic rings. The highest BCUT2D eigenvalue weighted by atomic mass is 35.5. The molecule has 0 amide bonds. The standard InChI is InChI=1S/C13H9ClN2OS/c1-8-6-12(9(7-15)13(18)16-8)17-11-5-3-2-4-10(11)14/h2-6H,1H3,(H,16,18). The van der Waals surface area contributed by atoms with Gasteiger partial charge in [-0.15, -0.1) is 0 Å². The van der Waals surface area contributed by atoms with Gasteiger partial charge in [-0.25, -0.2) is 0 Å². The highest BCUT2D eigenvalue weighted by Gasteiger charge is 2.09. The van der Waals surface area contributed by atoms with E-state index in [1.807, 2.05) is 25.1 Å². The molecule has 5 heteroatoms. The summed E-state index contributed by atoms with van der Waals surface area (Å²) in [5.41, 5.74) is 1.12. The topological polar surface area (TPSA) is 48.8 Å². The van der Waals surface area contributed by atoms with Crippen LogP contribution in [-0.2, 0) is 0 Å². The Morgan fingerprint density at radius 1 is 1.33 bits per heavy atom. The first kappa shape index (κ1) is 12.6. The molecule has 0 fully saturated rings. The zero-order valence-electron chi connectivity index (χ0n) is 9.53. The largest absolute Gasteiger partial charge is 0.454 e. The fraction of sp³-hybridized carbons (Fsp3) is 0.0769. The number of halogens is 1. The molecule has 0 bridgehead atoms. The van der Waals surface area contributed by atoms with E-state index in [1.165, 1.54) is 0 Å². The summed E-state index contributed by atoms with van der Waals surface area (Å²) in [6, 6.07) is 10.8. The number of hydrogen-bond acceptors (Lipinski definition) is 3. The maximum Gasteiger partial charge on any atom is 0.150 e. The first-order valence-electron chi connectivity index (χ1n) is 5.18. The molecule has 0 radical (unpaired) electrons. The van der Waals surface area contributed by atoms with Gasteiger partial charge in [0.25, 0.3) is 0 Å². The van der Waals surface area contributed by atoms with Gasteiger partial charge in [-0.3, -0.25) is 0 Å². The Labute approximate surface area is 115 Å². The molecule has 1 aromatic heterocycles. The fourth-order valence-corrected chi connectivity index (χ4v) is 1.97. The predicted molar refractivity (Wildman–Crippen MR) is 72.6 cm³/mol. The van der Waals surface area contributed by atoms with Crippen molar-refractivity contribution < 1.29 is 4.74 Å². The highest BCUT2D eigenvalue weighted by molar-refractivity contribution is 7.71. The van der Waals surface area contributed by atoms with Crippen LogP contribution in [0, 0.1) is 22.9 Å². The molecule has 0 aliphatic rings. The molecule has 2 rings (SSSR count). The summed E-state index contributed by atoms with van der Waals surface area (Å²) in [5.74, 6) is 0.905. The molecule has 0 saturated carbocycles. The van der Waals surface area contributed by atoms with Crippen molar-refractivity contribution in [1.29, 1.82) is 5.26 Å². The van der Waals surface area contributed by atoms with Gasteiger partial charge >= 0.3 is 0 Å². The van der Waals surface area contributed by atoms with Crippen molar-refractivity contribution in [2.75, 3.05) is 0 Å². The Morgan fingerprint density at radius 3 is 2.72 bits per heavy atom. The number of benzene rings is 1. The summed E-state index contributed by atoms with van der Waals surface area (Å²) in [7, 11) is 0. The minimum atomic E-state index is 0.301. The van der Waals surface area contributed by atoms with Gasteiger partial charge in [0.15, 0.2) is 0 Å². The minimum absolute atomic E-state index is 0.301. The number of hydrogen-bond donors (Lipinski definition) is 1. The Balaban J connectivity index is 2.51. The third-order valence-electron chi connectivity index (χ3n) is 2.30. The van der Waals surface area contributed by atoms with Gasteiger partial charge in [0.05, 0.1) is 5.02 Å². The van der Waals surface area contributed by atoms with E-state index in [9.17, 15) is 0 Å². The van der Waals surface area contributed by atoms with Gasteiger partial charge in [0.1, 0.15) is 27.8 Å². The number of aryl methyl sites for hydroxylation is 1. The molecule has 1 aromatic carbocycles. The van der Waals surface area contributed by atoms with Gasteiger partial charge in [-0.1, -0.05) is 36.0 Å². The summed E-state index contributed by atoms with van der Waals surface area (Å²) >= 11 is 11.1. The Morgan fingerprint density at radius 2 is 2.06 bits per heavy atom. The molecule has 1 heterocycles. The lowest BCUT2D eigenvalue weighted by molar-refractivity contribution is 0.479. The maximum atomic E-state index is 9.09. The summed E-state index contributed by atoms with van der Waals surface area (Å²) in [5, 5.41) is 9.57. The Hall–Kier alpha value is -1.83. The summed E-state index contributed by atoms with van der Waals surface area (Å²) < 4.78 is 6.01. The fourth-order valence-electron chi connectivity index (χ4n) is 1.49. The average molecular weight is 277 g/mol. The number of nitriles is 1. The van der Waals surface area contributed by atoms with Crippen LogP contribution in [0.1, 0.15) is 11.3 Å². The number of nitrogens with one attached hydrogen (secondary N) is 1. The Bertz CT molecular complexity index is 688. The number of pyridine rings is 1. The van der Waals surface area contributed by atoms with Crippen molar-refractivity contribution in [1.82, 2.24) is 4.98 Å². The summed E-state index contributed by atoms with van der Waals surface area (Å²) in [6.45, 7) is 1.84. The van der Waals surface area contributed by atoms with Crippen LogP contribution in [-0.4, -0.2) is 4.98 Å². The second-order valence-electron chi connectivity index (χ2n) is 3.67. The molecule has 90 valence electrons. The predicted octanol–water partition coefficient (Wildman–Crippen LogP) is 4.37. The van der Waals surface area contributed by atoms with Crippen LogP contribution in [0.2, 0.25) is 5.02 Å². The first-order valence-corrected chi connectivity index (χ1v) is 5.97. The maximum absolute atomic E-state index is 9.09. The van der Waals surface area contributed by atoms with Crippen molar-refractivity contribution in [2.45, 2.75) is 6.92 Å². The van der Waals surface area contributed by atoms with Crippen LogP contribution in [0.3, 0.4) is 0 Å². The van der Waals surface area contributed by atoms with Crippen molar-refractivity contribution in [3.8, 4) is 17.6 Å². The van der Waals surface area contributed by atoms with E-state index >= 15 is 0 Å². The van der Waals surface area contributed by atoms with Crippen molar-refractivity contribution in [3.63, 3.8) is 0 Å². The van der Waals surface area contributed by atoms with Crippen LogP contribution in [0.4, 0.5) is 0 Å². The van der Waals surface area contributed by atoms with Crippen LogP contribution in [0.15, 0.2) is 30.3 Å². The number of rotatable bonds is 2. The van der Waals surface area contributed by atoms with Crippen LogP contribution < -0.4 is 4.74 Å². The van der Waals surface area contributed by atoms with Crippen LogP contribution >= 0.6 is 23.8 Å². The zero-order valence-corrected chi connectivity index (χ0v) is 11.1. The van der Waals surface area contributed by atoms with Crippen LogP contribution in [0.5, 0.6) is 11.5 Å². The van der Waals surface area contributed by atoms with Crippen molar-refractivity contribution >= 4 is 23.8 Å². The number of aromatic amines is 1. The van der Waals surface area contributed by atoms with E-state index < -0.39 is 0 Å². The molecule has 18 heavy (non-hydrogen) atoms. The zero-order chi connectivity index (χ0) is 13.1. The lowest BCUT2D eigenvalue weighted by Crippen LogP contribution is -1.93. The Kier molecular flexibility index (Phi) is 3.66. The highest BCUT2D eigenvalue weighted by Crippen LogP contribution is 2.31. The second kappa shape index (κ2) is 5.21. The second-order valence-corrected chi connectivity index (χ2v) is 4.48. The third-order valence-corrected chi connectivity index (χ3v) is 2.92. The number of aromatic nitrogens is 1. The molecule has 3 nitrogen and oxygen atoms in total. The molecule has 1 N–H and O–H groups in total. The monoisotopic (exact) mass is 276 g/mol. The molecular weight excluding hydrogens is 268 g/mol. The van der Waals surface area contributed by atoms with E-state index in [2.05, 4.69) is 4.98 Å². The van der Waals surface area contributed by atoms with E-state index in [0.717, 1.165) is 5.69 Å². The first-order chi connectivity index (χ1) is 8.61. The normalized spacial score (nSPS) is 9.83. The van der Waals surface area contributed by atoms with E-state index in [0.29, 0.717) is 26.7 Å². The number of ether oxygens (including phenoxy) is 1. The van der Waals surface area contributed by atoms with Gasteiger partial charge in [-0.2, -0.15) is 5.26 Å². The number of H-pyrrole nitrogens is 1. The smallest absolute Gasteiger partial charge is 0.150 e. The minimum Gasteiger partial charge on any atom is -0.454 e. The lowest BCUT2D eigenvalue weighted by atomic mass is 10.2. The SMILES string of the molecule is Cc1cc(Oc2ccccc2Cl)c(C#N)c(=S)[nH]1. The van der Waals surface area contributed by atoms with Crippen molar-refractivity contribution in [2.24, 2.45) is 0 Å². The molecule has 0 atom stereocenters. The summed E-state index contributed by atoms with van der Waals surface area (Å²) in [4.78, 5) is 2.91. The van der Waals surface area contributed by atoms with Gasteiger partial charge in [0, 0.05) is 11.8 Å². The molecule has 0 saturated heterocycles. The van der Waals surface area contributed by atoms with Crippen molar-refractivity contribution in [3.05, 3.63) is 51.3 Å². The molecule has 0 spiro atoms.